The van der Waals surface area contributed by atoms with E-state index in [9.17, 15) is 5.11 Å². The van der Waals surface area contributed by atoms with E-state index >= 15 is 0 Å². The molecule has 4 rings (SSSR count). The Morgan fingerprint density at radius 1 is 0.842 bits per heavy atom. The van der Waals surface area contributed by atoms with Gasteiger partial charge in [-0.25, -0.2) is 4.98 Å². The summed E-state index contributed by atoms with van der Waals surface area (Å²) in [5, 5.41) is 10.4. The molecule has 1 N–H and O–H groups in total. The zero-order valence-corrected chi connectivity index (χ0v) is 23.7. The number of nitrogens with zero attached hydrogens (tertiary/aromatic N) is 3. The number of rotatable bonds is 12. The Labute approximate surface area is 229 Å². The molecule has 0 saturated heterocycles. The maximum atomic E-state index is 10.4. The van der Waals surface area contributed by atoms with Gasteiger partial charge < -0.3 is 9.67 Å². The molecule has 0 aliphatic carbocycles. The standard InChI is InChI=1S/C34H43N3O/c1-6-8-20-36(24-28-22-25(3)33(38)26(4)23-28)27(5)32-31(29-16-12-10-13-17-29)35-34(37(32)21-9-7-2)30-18-14-11-15-19-30/h10-19,22-23,27,38H,6-9,20-21,24H2,1-5H3. The third-order valence-corrected chi connectivity index (χ3v) is 7.50. The van der Waals surface area contributed by atoms with Crippen molar-refractivity contribution in [1.82, 2.24) is 14.5 Å². The van der Waals surface area contributed by atoms with Gasteiger partial charge in [-0.2, -0.15) is 0 Å². The van der Waals surface area contributed by atoms with E-state index in [-0.39, 0.29) is 6.04 Å². The summed E-state index contributed by atoms with van der Waals surface area (Å²) in [5.74, 6) is 1.45. The number of imidazole rings is 1. The molecule has 1 aromatic heterocycles. The maximum Gasteiger partial charge on any atom is 0.140 e. The van der Waals surface area contributed by atoms with Crippen LogP contribution in [0.5, 0.6) is 5.75 Å². The fourth-order valence-electron chi connectivity index (χ4n) is 5.36. The lowest BCUT2D eigenvalue weighted by Crippen LogP contribution is -2.30. The van der Waals surface area contributed by atoms with Gasteiger partial charge in [0.1, 0.15) is 11.6 Å². The average Bonchev–Trinajstić information content (AvgIpc) is 3.32. The van der Waals surface area contributed by atoms with Crippen molar-refractivity contribution in [2.45, 2.75) is 79.4 Å². The lowest BCUT2D eigenvalue weighted by Gasteiger charge is -2.31. The Bertz CT molecular complexity index is 1290. The van der Waals surface area contributed by atoms with Crippen LogP contribution in [0, 0.1) is 13.8 Å². The van der Waals surface area contributed by atoms with E-state index in [1.54, 1.807) is 0 Å². The molecule has 1 unspecified atom stereocenters. The number of benzene rings is 3. The highest BCUT2D eigenvalue weighted by Gasteiger charge is 2.27. The summed E-state index contributed by atoms with van der Waals surface area (Å²) in [5.41, 5.74) is 7.79. The van der Waals surface area contributed by atoms with Crippen LogP contribution in [0.25, 0.3) is 22.6 Å². The minimum atomic E-state index is 0.160. The second kappa shape index (κ2) is 12.9. The molecule has 4 aromatic rings. The summed E-state index contributed by atoms with van der Waals surface area (Å²) in [7, 11) is 0. The van der Waals surface area contributed by atoms with Gasteiger partial charge >= 0.3 is 0 Å². The van der Waals surface area contributed by atoms with Crippen molar-refractivity contribution < 1.29 is 5.11 Å². The van der Waals surface area contributed by atoms with Crippen LogP contribution in [0.1, 0.15) is 74.9 Å². The molecule has 0 bridgehead atoms. The van der Waals surface area contributed by atoms with Crippen molar-refractivity contribution >= 4 is 0 Å². The minimum absolute atomic E-state index is 0.160. The van der Waals surface area contributed by atoms with Crippen LogP contribution in [0.2, 0.25) is 0 Å². The number of phenols is 1. The van der Waals surface area contributed by atoms with Crippen LogP contribution in [-0.4, -0.2) is 26.1 Å². The molecule has 0 amide bonds. The molecule has 0 aliphatic heterocycles. The maximum absolute atomic E-state index is 10.4. The van der Waals surface area contributed by atoms with Gasteiger partial charge in [-0.1, -0.05) is 99.5 Å². The van der Waals surface area contributed by atoms with Gasteiger partial charge in [0, 0.05) is 30.3 Å². The van der Waals surface area contributed by atoms with E-state index in [1.807, 2.05) is 13.8 Å². The molecule has 3 aromatic carbocycles. The Balaban J connectivity index is 1.86. The summed E-state index contributed by atoms with van der Waals surface area (Å²) in [6, 6.07) is 25.7. The Kier molecular flexibility index (Phi) is 9.41. The van der Waals surface area contributed by atoms with Crippen molar-refractivity contribution in [3.05, 3.63) is 95.2 Å². The Hall–Kier alpha value is -3.37. The van der Waals surface area contributed by atoms with E-state index in [1.165, 1.54) is 11.3 Å². The number of phenolic OH excluding ortho intramolecular Hbond substituents is 1. The lowest BCUT2D eigenvalue weighted by molar-refractivity contribution is 0.191. The quantitative estimate of drug-likeness (QED) is 0.208. The second-order valence-corrected chi connectivity index (χ2v) is 10.5. The van der Waals surface area contributed by atoms with Crippen LogP contribution in [0.3, 0.4) is 0 Å². The van der Waals surface area contributed by atoms with Crippen molar-refractivity contribution in [3.63, 3.8) is 0 Å². The highest BCUT2D eigenvalue weighted by molar-refractivity contribution is 5.69. The SMILES string of the molecule is CCCCN(Cc1cc(C)c(O)c(C)c1)C(C)c1c(-c2ccccc2)nc(-c2ccccc2)n1CCCC. The predicted molar refractivity (Wildman–Crippen MR) is 159 cm³/mol. The van der Waals surface area contributed by atoms with Gasteiger partial charge in [0.15, 0.2) is 0 Å². The van der Waals surface area contributed by atoms with Crippen LogP contribution >= 0.6 is 0 Å². The zero-order chi connectivity index (χ0) is 27.1. The molecule has 0 radical (unpaired) electrons. The monoisotopic (exact) mass is 509 g/mol. The number of aryl methyl sites for hydroxylation is 2. The van der Waals surface area contributed by atoms with Crippen LogP contribution in [0.4, 0.5) is 0 Å². The van der Waals surface area contributed by atoms with Crippen molar-refractivity contribution in [2.75, 3.05) is 6.54 Å². The smallest absolute Gasteiger partial charge is 0.140 e. The molecule has 4 heteroatoms. The van der Waals surface area contributed by atoms with Gasteiger partial charge in [-0.3, -0.25) is 4.90 Å². The van der Waals surface area contributed by atoms with Gasteiger partial charge in [0.2, 0.25) is 0 Å². The predicted octanol–water partition coefficient (Wildman–Crippen LogP) is 8.70. The normalized spacial score (nSPS) is 12.3. The molecule has 0 spiro atoms. The van der Waals surface area contributed by atoms with Crippen LogP contribution in [-0.2, 0) is 13.1 Å². The van der Waals surface area contributed by atoms with Crippen molar-refractivity contribution in [2.24, 2.45) is 0 Å². The van der Waals surface area contributed by atoms with Gasteiger partial charge in [-0.05, 0) is 56.8 Å². The molecular weight excluding hydrogens is 466 g/mol. The van der Waals surface area contributed by atoms with E-state index in [2.05, 4.69) is 103 Å². The largest absolute Gasteiger partial charge is 0.507 e. The van der Waals surface area contributed by atoms with E-state index in [0.29, 0.717) is 5.75 Å². The highest BCUT2D eigenvalue weighted by Crippen LogP contribution is 2.37. The first-order valence-electron chi connectivity index (χ1n) is 14.2. The molecule has 200 valence electrons. The third kappa shape index (κ3) is 6.19. The third-order valence-electron chi connectivity index (χ3n) is 7.50. The van der Waals surface area contributed by atoms with Gasteiger partial charge in [-0.15, -0.1) is 0 Å². The lowest BCUT2D eigenvalue weighted by atomic mass is 10.0. The first kappa shape index (κ1) is 27.7. The Morgan fingerprint density at radius 2 is 1.42 bits per heavy atom. The van der Waals surface area contributed by atoms with Crippen LogP contribution in [0.15, 0.2) is 72.8 Å². The molecule has 1 heterocycles. The topological polar surface area (TPSA) is 41.3 Å². The van der Waals surface area contributed by atoms with Gasteiger partial charge in [0.05, 0.1) is 11.4 Å². The minimum Gasteiger partial charge on any atom is -0.507 e. The molecule has 0 saturated carbocycles. The molecular formula is C34H43N3O. The number of hydrogen-bond acceptors (Lipinski definition) is 3. The van der Waals surface area contributed by atoms with Crippen molar-refractivity contribution in [3.8, 4) is 28.4 Å². The van der Waals surface area contributed by atoms with E-state index in [4.69, 9.17) is 4.98 Å². The molecule has 4 nitrogen and oxygen atoms in total. The summed E-state index contributed by atoms with van der Waals surface area (Å²) in [6.07, 6.45) is 4.52. The Morgan fingerprint density at radius 3 is 2.00 bits per heavy atom. The van der Waals surface area contributed by atoms with Crippen molar-refractivity contribution in [1.29, 1.82) is 0 Å². The second-order valence-electron chi connectivity index (χ2n) is 10.5. The summed E-state index contributed by atoms with van der Waals surface area (Å²) in [4.78, 5) is 7.93. The van der Waals surface area contributed by atoms with Crippen LogP contribution < -0.4 is 0 Å². The highest BCUT2D eigenvalue weighted by atomic mass is 16.3. The first-order chi connectivity index (χ1) is 18.4. The summed E-state index contributed by atoms with van der Waals surface area (Å²) >= 11 is 0. The van der Waals surface area contributed by atoms with E-state index < -0.39 is 0 Å². The average molecular weight is 510 g/mol. The number of hydrogen-bond donors (Lipinski definition) is 1. The number of aromatic nitrogens is 2. The summed E-state index contributed by atoms with van der Waals surface area (Å²) in [6.45, 7) is 13.6. The van der Waals surface area contributed by atoms with E-state index in [0.717, 1.165) is 79.1 Å². The molecule has 38 heavy (non-hydrogen) atoms. The fraction of sp³-hybridized carbons (Fsp3) is 0.382. The molecule has 1 atom stereocenters. The number of aromatic hydroxyl groups is 1. The zero-order valence-electron chi connectivity index (χ0n) is 23.7. The first-order valence-corrected chi connectivity index (χ1v) is 14.2. The molecule has 0 aliphatic rings. The number of unbranched alkanes of at least 4 members (excludes halogenated alkanes) is 2. The summed E-state index contributed by atoms with van der Waals surface area (Å²) < 4.78 is 2.48. The fourth-order valence-corrected chi connectivity index (χ4v) is 5.36. The molecule has 0 fully saturated rings. The van der Waals surface area contributed by atoms with Gasteiger partial charge in [0.25, 0.3) is 0 Å².